The molecule has 0 radical (unpaired) electrons. The number of nitrogens with one attached hydrogen (secondary N) is 1. The normalized spacial score (nSPS) is 18.0. The number of carboxylic acid groups (broad SMARTS) is 1. The number of thioether (sulfide) groups is 1. The Kier molecular flexibility index (Phi) is 6.86. The standard InChI is InChI=1S/C16H22N2O5S2/c1-24-13-5-3-12(4-6-13)14(11-16(20)21)17-15(19)7-9-18-8-2-10-25(18,22)23/h3-6,14H,2,7-11H2,1H3,(H,17,19)(H,20,21). The highest BCUT2D eigenvalue weighted by Gasteiger charge is 2.28. The molecule has 1 unspecified atom stereocenters. The van der Waals surface area contributed by atoms with E-state index in [1.165, 1.54) is 4.31 Å². The second kappa shape index (κ2) is 8.68. The van der Waals surface area contributed by atoms with E-state index < -0.39 is 22.0 Å². The Hall–Kier alpha value is -1.58. The Morgan fingerprint density at radius 1 is 1.32 bits per heavy atom. The Morgan fingerprint density at radius 2 is 2.00 bits per heavy atom. The van der Waals surface area contributed by atoms with E-state index in [1.54, 1.807) is 23.9 Å². The lowest BCUT2D eigenvalue weighted by Crippen LogP contribution is -2.34. The molecule has 0 spiro atoms. The van der Waals surface area contributed by atoms with Gasteiger partial charge in [0.05, 0.1) is 18.2 Å². The van der Waals surface area contributed by atoms with Gasteiger partial charge in [0.25, 0.3) is 0 Å². The number of aliphatic carboxylic acids is 1. The lowest BCUT2D eigenvalue weighted by atomic mass is 10.0. The number of amides is 1. The van der Waals surface area contributed by atoms with Crippen LogP contribution < -0.4 is 5.32 Å². The number of carbonyl (C=O) groups is 2. The van der Waals surface area contributed by atoms with Crippen LogP contribution in [0.25, 0.3) is 0 Å². The van der Waals surface area contributed by atoms with Gasteiger partial charge in [-0.15, -0.1) is 11.8 Å². The smallest absolute Gasteiger partial charge is 0.305 e. The first-order valence-corrected chi connectivity index (χ1v) is 10.8. The van der Waals surface area contributed by atoms with Gasteiger partial charge < -0.3 is 10.4 Å². The van der Waals surface area contributed by atoms with E-state index >= 15 is 0 Å². The van der Waals surface area contributed by atoms with Crippen molar-refractivity contribution in [3.05, 3.63) is 29.8 Å². The summed E-state index contributed by atoms with van der Waals surface area (Å²) in [5.41, 5.74) is 0.711. The second-order valence-corrected chi connectivity index (χ2v) is 8.78. The van der Waals surface area contributed by atoms with Crippen molar-refractivity contribution in [3.8, 4) is 0 Å². The van der Waals surface area contributed by atoms with Gasteiger partial charge >= 0.3 is 5.97 Å². The van der Waals surface area contributed by atoms with Gasteiger partial charge in [-0.25, -0.2) is 12.7 Å². The van der Waals surface area contributed by atoms with Gasteiger partial charge in [-0.2, -0.15) is 0 Å². The number of carbonyl (C=O) groups excluding carboxylic acids is 1. The summed E-state index contributed by atoms with van der Waals surface area (Å²) in [5.74, 6) is -1.25. The van der Waals surface area contributed by atoms with Crippen molar-refractivity contribution in [2.75, 3.05) is 25.1 Å². The van der Waals surface area contributed by atoms with Crippen molar-refractivity contribution in [3.63, 3.8) is 0 Å². The van der Waals surface area contributed by atoms with Crippen LogP contribution in [0.15, 0.2) is 29.2 Å². The first-order valence-electron chi connectivity index (χ1n) is 7.95. The number of hydrogen-bond acceptors (Lipinski definition) is 5. The number of sulfonamides is 1. The number of rotatable bonds is 8. The highest BCUT2D eigenvalue weighted by Crippen LogP contribution is 2.22. The highest BCUT2D eigenvalue weighted by molar-refractivity contribution is 7.98. The van der Waals surface area contributed by atoms with Crippen LogP contribution in [0.2, 0.25) is 0 Å². The van der Waals surface area contributed by atoms with Crippen LogP contribution in [0.4, 0.5) is 0 Å². The molecular formula is C16H22N2O5S2. The van der Waals surface area contributed by atoms with Crippen LogP contribution in [0.1, 0.15) is 30.9 Å². The Morgan fingerprint density at radius 3 is 2.52 bits per heavy atom. The van der Waals surface area contributed by atoms with Gasteiger partial charge in [0.15, 0.2) is 0 Å². The summed E-state index contributed by atoms with van der Waals surface area (Å²) in [5, 5.41) is 11.8. The molecule has 1 fully saturated rings. The molecule has 2 N–H and O–H groups in total. The first kappa shape index (κ1) is 19.7. The Balaban J connectivity index is 1.98. The largest absolute Gasteiger partial charge is 0.481 e. The predicted octanol–water partition coefficient (Wildman–Crippen LogP) is 1.47. The molecule has 1 saturated heterocycles. The molecule has 1 atom stereocenters. The molecule has 7 nitrogen and oxygen atoms in total. The van der Waals surface area contributed by atoms with Gasteiger partial charge in [-0.05, 0) is 30.4 Å². The molecule has 1 aromatic rings. The van der Waals surface area contributed by atoms with Crippen LogP contribution in [0.5, 0.6) is 0 Å². The average molecular weight is 386 g/mol. The van der Waals surface area contributed by atoms with Crippen LogP contribution in [-0.2, 0) is 19.6 Å². The molecule has 0 saturated carbocycles. The zero-order valence-corrected chi connectivity index (χ0v) is 15.6. The van der Waals surface area contributed by atoms with E-state index in [2.05, 4.69) is 5.32 Å². The summed E-state index contributed by atoms with van der Waals surface area (Å²) in [6.07, 6.45) is 2.30. The molecule has 1 aromatic carbocycles. The van der Waals surface area contributed by atoms with E-state index in [0.29, 0.717) is 18.5 Å². The fourth-order valence-corrected chi connectivity index (χ4v) is 4.64. The molecule has 138 valence electrons. The molecule has 25 heavy (non-hydrogen) atoms. The molecule has 1 amide bonds. The van der Waals surface area contributed by atoms with Crippen molar-refractivity contribution in [2.24, 2.45) is 0 Å². The minimum absolute atomic E-state index is 0.0121. The van der Waals surface area contributed by atoms with E-state index in [1.807, 2.05) is 18.4 Å². The van der Waals surface area contributed by atoms with E-state index in [4.69, 9.17) is 5.11 Å². The van der Waals surface area contributed by atoms with Crippen LogP contribution in [-0.4, -0.2) is 54.8 Å². The minimum Gasteiger partial charge on any atom is -0.481 e. The number of benzene rings is 1. The van der Waals surface area contributed by atoms with Gasteiger partial charge in [0.1, 0.15) is 0 Å². The quantitative estimate of drug-likeness (QED) is 0.656. The van der Waals surface area contributed by atoms with Crippen molar-refractivity contribution >= 4 is 33.7 Å². The van der Waals surface area contributed by atoms with Crippen LogP contribution >= 0.6 is 11.8 Å². The van der Waals surface area contributed by atoms with Crippen LogP contribution in [0.3, 0.4) is 0 Å². The predicted molar refractivity (Wildman–Crippen MR) is 96.0 cm³/mol. The van der Waals surface area contributed by atoms with Crippen LogP contribution in [0, 0.1) is 0 Å². The summed E-state index contributed by atoms with van der Waals surface area (Å²) in [6.45, 7) is 0.559. The van der Waals surface area contributed by atoms with E-state index in [-0.39, 0.29) is 31.0 Å². The Bertz CT molecular complexity index is 719. The molecule has 1 aliphatic heterocycles. The van der Waals surface area contributed by atoms with E-state index in [9.17, 15) is 18.0 Å². The Labute approximate surface area is 151 Å². The average Bonchev–Trinajstić information content (AvgIpc) is 2.90. The maximum Gasteiger partial charge on any atom is 0.305 e. The third kappa shape index (κ3) is 5.72. The van der Waals surface area contributed by atoms with Gasteiger partial charge in [0, 0.05) is 24.4 Å². The zero-order chi connectivity index (χ0) is 18.4. The molecule has 0 aromatic heterocycles. The van der Waals surface area contributed by atoms with Gasteiger partial charge in [-0.1, -0.05) is 12.1 Å². The highest BCUT2D eigenvalue weighted by atomic mass is 32.2. The fraction of sp³-hybridized carbons (Fsp3) is 0.500. The summed E-state index contributed by atoms with van der Waals surface area (Å²) in [7, 11) is -3.23. The molecule has 0 aliphatic carbocycles. The molecule has 1 heterocycles. The molecule has 0 bridgehead atoms. The van der Waals surface area contributed by atoms with Crippen molar-refractivity contribution in [1.82, 2.24) is 9.62 Å². The maximum absolute atomic E-state index is 12.2. The monoisotopic (exact) mass is 386 g/mol. The van der Waals surface area contributed by atoms with E-state index in [0.717, 1.165) is 4.90 Å². The summed E-state index contributed by atoms with van der Waals surface area (Å²) < 4.78 is 24.8. The third-order valence-electron chi connectivity index (χ3n) is 4.02. The molecule has 1 aliphatic rings. The molecular weight excluding hydrogens is 364 g/mol. The summed E-state index contributed by atoms with van der Waals surface area (Å²) >= 11 is 1.57. The topological polar surface area (TPSA) is 104 Å². The van der Waals surface area contributed by atoms with Crippen molar-refractivity contribution in [1.29, 1.82) is 0 Å². The van der Waals surface area contributed by atoms with Gasteiger partial charge in [0.2, 0.25) is 15.9 Å². The number of nitrogens with zero attached hydrogens (tertiary/aromatic N) is 1. The zero-order valence-electron chi connectivity index (χ0n) is 14.0. The van der Waals surface area contributed by atoms with Crippen molar-refractivity contribution < 1.29 is 23.1 Å². The third-order valence-corrected chi connectivity index (χ3v) is 6.72. The fourth-order valence-electron chi connectivity index (χ4n) is 2.70. The second-order valence-electron chi connectivity index (χ2n) is 5.81. The lowest BCUT2D eigenvalue weighted by molar-refractivity contribution is -0.137. The lowest BCUT2D eigenvalue weighted by Gasteiger charge is -2.19. The van der Waals surface area contributed by atoms with Crippen molar-refractivity contribution in [2.45, 2.75) is 30.2 Å². The molecule has 9 heteroatoms. The number of carboxylic acids is 1. The minimum atomic E-state index is -3.23. The van der Waals surface area contributed by atoms with Gasteiger partial charge in [-0.3, -0.25) is 9.59 Å². The summed E-state index contributed by atoms with van der Waals surface area (Å²) in [6, 6.07) is 6.70. The first-order chi connectivity index (χ1) is 11.8. The summed E-state index contributed by atoms with van der Waals surface area (Å²) in [4.78, 5) is 24.3. The number of hydrogen-bond donors (Lipinski definition) is 2. The SMILES string of the molecule is CSc1ccc(C(CC(=O)O)NC(=O)CCN2CCCS2(=O)=O)cc1. The molecule has 2 rings (SSSR count). The maximum atomic E-state index is 12.2.